The van der Waals surface area contributed by atoms with E-state index in [-0.39, 0.29) is 5.56 Å². The van der Waals surface area contributed by atoms with Gasteiger partial charge in [0.05, 0.1) is 16.8 Å². The summed E-state index contributed by atoms with van der Waals surface area (Å²) in [5.74, 6) is -0.920. The van der Waals surface area contributed by atoms with Crippen LogP contribution in [-0.2, 0) is 6.42 Å². The molecule has 3 aromatic rings. The first kappa shape index (κ1) is 14.5. The van der Waals surface area contributed by atoms with Gasteiger partial charge in [-0.15, -0.1) is 11.3 Å². The van der Waals surface area contributed by atoms with Gasteiger partial charge in [0.25, 0.3) is 5.91 Å². The first-order valence-electron chi connectivity index (χ1n) is 6.84. The molecule has 0 spiro atoms. The smallest absolute Gasteiger partial charge is 0.254 e. The van der Waals surface area contributed by atoms with Gasteiger partial charge in [0.15, 0.2) is 0 Å². The number of halogens is 1. The lowest BCUT2D eigenvalue weighted by molar-refractivity contribution is 0.0950. The Hall–Kier alpha value is -2.47. The van der Waals surface area contributed by atoms with Crippen molar-refractivity contribution in [1.29, 1.82) is 0 Å². The van der Waals surface area contributed by atoms with Gasteiger partial charge in [-0.3, -0.25) is 4.79 Å². The van der Waals surface area contributed by atoms with Crippen molar-refractivity contribution in [3.63, 3.8) is 0 Å². The Morgan fingerprint density at radius 1 is 1.27 bits per heavy atom. The minimum absolute atomic E-state index is 0.0607. The zero-order valence-electron chi connectivity index (χ0n) is 11.7. The third-order valence-electron chi connectivity index (χ3n) is 3.25. The Labute approximate surface area is 131 Å². The molecule has 0 saturated carbocycles. The van der Waals surface area contributed by atoms with Crippen LogP contribution in [0.3, 0.4) is 0 Å². The first-order valence-corrected chi connectivity index (χ1v) is 7.72. The van der Waals surface area contributed by atoms with Crippen LogP contribution in [0.5, 0.6) is 0 Å². The molecule has 1 amide bonds. The molecule has 4 nitrogen and oxygen atoms in total. The molecule has 0 aliphatic rings. The van der Waals surface area contributed by atoms with E-state index >= 15 is 0 Å². The average molecular weight is 315 g/mol. The molecule has 0 aliphatic carbocycles. The molecule has 2 heterocycles. The molecule has 1 aromatic carbocycles. The Morgan fingerprint density at radius 2 is 2.14 bits per heavy atom. The highest BCUT2D eigenvalue weighted by Gasteiger charge is 2.12. The largest absolute Gasteiger partial charge is 0.352 e. The van der Waals surface area contributed by atoms with Gasteiger partial charge in [-0.1, -0.05) is 18.2 Å². The van der Waals surface area contributed by atoms with E-state index in [1.807, 2.05) is 17.5 Å². The van der Waals surface area contributed by atoms with Crippen LogP contribution in [0, 0.1) is 5.82 Å². The van der Waals surface area contributed by atoms with E-state index in [0.717, 1.165) is 16.3 Å². The summed E-state index contributed by atoms with van der Waals surface area (Å²) in [7, 11) is 0. The molecule has 0 unspecified atom stereocenters. The van der Waals surface area contributed by atoms with E-state index < -0.39 is 11.7 Å². The van der Waals surface area contributed by atoms with Crippen molar-refractivity contribution in [3.05, 3.63) is 65.2 Å². The van der Waals surface area contributed by atoms with Crippen molar-refractivity contribution >= 4 is 17.2 Å². The molecule has 112 valence electrons. The normalized spacial score (nSPS) is 10.6. The highest BCUT2D eigenvalue weighted by Crippen LogP contribution is 2.25. The lowest BCUT2D eigenvalue weighted by Gasteiger charge is -2.06. The molecule has 3 rings (SSSR count). The summed E-state index contributed by atoms with van der Waals surface area (Å²) < 4.78 is 13.5. The highest BCUT2D eigenvalue weighted by atomic mass is 32.1. The van der Waals surface area contributed by atoms with Gasteiger partial charge >= 0.3 is 0 Å². The Bertz CT molecular complexity index is 767. The zero-order chi connectivity index (χ0) is 15.4. The van der Waals surface area contributed by atoms with Crippen LogP contribution in [0.2, 0.25) is 0 Å². The molecule has 0 saturated heterocycles. The second-order valence-electron chi connectivity index (χ2n) is 4.69. The summed E-state index contributed by atoms with van der Waals surface area (Å²) in [6.07, 6.45) is 2.25. The van der Waals surface area contributed by atoms with Crippen LogP contribution in [0.4, 0.5) is 4.39 Å². The summed E-state index contributed by atoms with van der Waals surface area (Å²) >= 11 is 1.61. The first-order chi connectivity index (χ1) is 10.8. The number of thiophene rings is 1. The number of hydrogen-bond donors (Lipinski definition) is 2. The number of nitrogens with zero attached hydrogens (tertiary/aromatic N) is 1. The van der Waals surface area contributed by atoms with Crippen LogP contribution in [0.15, 0.2) is 48.1 Å². The summed E-state index contributed by atoms with van der Waals surface area (Å²) in [6.45, 7) is 0.410. The maximum absolute atomic E-state index is 13.5. The molecule has 2 aromatic heterocycles. The number of carbonyl (C=O) groups is 1. The minimum atomic E-state index is -0.513. The van der Waals surface area contributed by atoms with Crippen LogP contribution < -0.4 is 5.32 Å². The van der Waals surface area contributed by atoms with Gasteiger partial charge in [-0.25, -0.2) is 9.37 Å². The quantitative estimate of drug-likeness (QED) is 0.759. The van der Waals surface area contributed by atoms with Crippen molar-refractivity contribution in [1.82, 2.24) is 15.3 Å². The van der Waals surface area contributed by atoms with Gasteiger partial charge in [0.2, 0.25) is 0 Å². The van der Waals surface area contributed by atoms with Crippen molar-refractivity contribution in [2.45, 2.75) is 6.42 Å². The number of aromatic nitrogens is 2. The van der Waals surface area contributed by atoms with Gasteiger partial charge < -0.3 is 10.3 Å². The topological polar surface area (TPSA) is 57.8 Å². The predicted molar refractivity (Wildman–Crippen MR) is 84.3 cm³/mol. The van der Waals surface area contributed by atoms with Crippen molar-refractivity contribution in [2.24, 2.45) is 0 Å². The second-order valence-corrected chi connectivity index (χ2v) is 5.64. The SMILES string of the molecule is O=C(NCCc1[nH]cnc1-c1cccs1)c1ccccc1F. The number of amides is 1. The fraction of sp³-hybridized carbons (Fsp3) is 0.125. The molecular weight excluding hydrogens is 301 g/mol. The van der Waals surface area contributed by atoms with Crippen LogP contribution in [0.25, 0.3) is 10.6 Å². The number of aromatic amines is 1. The maximum atomic E-state index is 13.5. The maximum Gasteiger partial charge on any atom is 0.254 e. The number of carbonyl (C=O) groups excluding carboxylic acids is 1. The van der Waals surface area contributed by atoms with Gasteiger partial charge in [-0.2, -0.15) is 0 Å². The lowest BCUT2D eigenvalue weighted by atomic mass is 10.2. The summed E-state index contributed by atoms with van der Waals surface area (Å²) in [4.78, 5) is 20.4. The molecule has 0 radical (unpaired) electrons. The highest BCUT2D eigenvalue weighted by molar-refractivity contribution is 7.13. The number of H-pyrrole nitrogens is 1. The minimum Gasteiger partial charge on any atom is -0.352 e. The van der Waals surface area contributed by atoms with E-state index in [4.69, 9.17) is 0 Å². The van der Waals surface area contributed by atoms with E-state index in [1.165, 1.54) is 12.1 Å². The Kier molecular flexibility index (Phi) is 4.29. The predicted octanol–water partition coefficient (Wildman–Crippen LogP) is 3.25. The lowest BCUT2D eigenvalue weighted by Crippen LogP contribution is -2.26. The molecular formula is C16H14FN3OS. The molecule has 0 atom stereocenters. The van der Waals surface area contributed by atoms with E-state index in [9.17, 15) is 9.18 Å². The monoisotopic (exact) mass is 315 g/mol. The standard InChI is InChI=1S/C16H14FN3OS/c17-12-5-2-1-4-11(12)16(21)18-8-7-13-15(20-10-19-13)14-6-3-9-22-14/h1-6,9-10H,7-8H2,(H,18,21)(H,19,20). The van der Waals surface area contributed by atoms with E-state index in [1.54, 1.807) is 29.8 Å². The van der Waals surface area contributed by atoms with E-state index in [2.05, 4.69) is 15.3 Å². The molecule has 0 bridgehead atoms. The third-order valence-corrected chi connectivity index (χ3v) is 4.13. The zero-order valence-corrected chi connectivity index (χ0v) is 12.5. The van der Waals surface area contributed by atoms with Crippen LogP contribution in [0.1, 0.15) is 16.1 Å². The number of rotatable bonds is 5. The number of imidazole rings is 1. The second kappa shape index (κ2) is 6.53. The summed E-state index contributed by atoms with van der Waals surface area (Å²) in [6, 6.07) is 9.92. The van der Waals surface area contributed by atoms with Crippen molar-refractivity contribution in [2.75, 3.05) is 6.54 Å². The number of nitrogens with one attached hydrogen (secondary N) is 2. The van der Waals surface area contributed by atoms with E-state index in [0.29, 0.717) is 13.0 Å². The molecule has 6 heteroatoms. The number of hydrogen-bond acceptors (Lipinski definition) is 3. The van der Waals surface area contributed by atoms with Gasteiger partial charge in [-0.05, 0) is 23.6 Å². The summed E-state index contributed by atoms with van der Waals surface area (Å²) in [5.41, 5.74) is 1.91. The Balaban J connectivity index is 1.62. The number of benzene rings is 1. The average Bonchev–Trinajstić information content (AvgIpc) is 3.18. The van der Waals surface area contributed by atoms with Crippen molar-refractivity contribution in [3.8, 4) is 10.6 Å². The van der Waals surface area contributed by atoms with Crippen LogP contribution in [-0.4, -0.2) is 22.4 Å². The Morgan fingerprint density at radius 3 is 2.91 bits per heavy atom. The van der Waals surface area contributed by atoms with Gasteiger partial charge in [0.1, 0.15) is 11.5 Å². The fourth-order valence-electron chi connectivity index (χ4n) is 2.18. The van der Waals surface area contributed by atoms with Gasteiger partial charge in [0, 0.05) is 18.7 Å². The van der Waals surface area contributed by atoms with Crippen molar-refractivity contribution < 1.29 is 9.18 Å². The molecule has 0 fully saturated rings. The fourth-order valence-corrected chi connectivity index (χ4v) is 2.93. The molecule has 22 heavy (non-hydrogen) atoms. The summed E-state index contributed by atoms with van der Waals surface area (Å²) in [5, 5.41) is 4.72. The molecule has 0 aliphatic heterocycles. The molecule has 2 N–H and O–H groups in total. The third kappa shape index (κ3) is 3.07. The van der Waals surface area contributed by atoms with Crippen LogP contribution >= 0.6 is 11.3 Å².